The lowest BCUT2D eigenvalue weighted by Gasteiger charge is -2.12. The summed E-state index contributed by atoms with van der Waals surface area (Å²) in [4.78, 5) is 24.2. The van der Waals surface area contributed by atoms with Crippen molar-refractivity contribution in [2.24, 2.45) is 0 Å². The maximum absolute atomic E-state index is 12.1. The van der Waals surface area contributed by atoms with E-state index in [-0.39, 0.29) is 6.61 Å². The minimum Gasteiger partial charge on any atom is -0.452 e. The van der Waals surface area contributed by atoms with Crippen LogP contribution in [0.25, 0.3) is 0 Å². The molecule has 4 nitrogen and oxygen atoms in total. The number of esters is 1. The molecule has 126 valence electrons. The number of carbonyl (C=O) groups is 2. The molecule has 0 aliphatic rings. The summed E-state index contributed by atoms with van der Waals surface area (Å²) >= 11 is 6.15. The van der Waals surface area contributed by atoms with E-state index < -0.39 is 11.9 Å². The molecule has 2 rings (SSSR count). The number of benzene rings is 2. The number of nitrogens with one attached hydrogen (secondary N) is 1. The van der Waals surface area contributed by atoms with Crippen molar-refractivity contribution in [2.45, 2.75) is 27.7 Å². The smallest absolute Gasteiger partial charge is 0.338 e. The minimum absolute atomic E-state index is 0.365. The van der Waals surface area contributed by atoms with Gasteiger partial charge in [0.05, 0.1) is 16.3 Å². The molecule has 24 heavy (non-hydrogen) atoms. The standard InChI is InChI=1S/C19H20ClNO3/c1-11-8-13(3)18(16(20)9-11)21-17(22)10-24-19(23)15-7-5-6-12(2)14(15)4/h5-9H,10H2,1-4H3,(H,21,22). The summed E-state index contributed by atoms with van der Waals surface area (Å²) in [6, 6.07) is 9.08. The number of aryl methyl sites for hydroxylation is 3. The van der Waals surface area contributed by atoms with Crippen LogP contribution in [0.2, 0.25) is 5.02 Å². The van der Waals surface area contributed by atoms with Gasteiger partial charge in [0, 0.05) is 0 Å². The number of rotatable bonds is 4. The van der Waals surface area contributed by atoms with Gasteiger partial charge in [0.1, 0.15) is 0 Å². The van der Waals surface area contributed by atoms with E-state index in [9.17, 15) is 9.59 Å². The summed E-state index contributed by atoms with van der Waals surface area (Å²) in [5, 5.41) is 3.15. The van der Waals surface area contributed by atoms with E-state index in [0.29, 0.717) is 16.3 Å². The third-order valence-electron chi connectivity index (χ3n) is 3.86. The van der Waals surface area contributed by atoms with Gasteiger partial charge in [-0.05, 0) is 62.1 Å². The van der Waals surface area contributed by atoms with Crippen molar-refractivity contribution < 1.29 is 14.3 Å². The quantitative estimate of drug-likeness (QED) is 0.837. The molecule has 2 aromatic rings. The summed E-state index contributed by atoms with van der Waals surface area (Å²) in [6.45, 7) is 7.19. The average molecular weight is 346 g/mol. The number of amides is 1. The average Bonchev–Trinajstić information content (AvgIpc) is 2.51. The van der Waals surface area contributed by atoms with Crippen LogP contribution in [-0.4, -0.2) is 18.5 Å². The molecule has 0 saturated heterocycles. The molecule has 0 aromatic heterocycles. The first-order valence-corrected chi connectivity index (χ1v) is 7.97. The fourth-order valence-electron chi connectivity index (χ4n) is 2.43. The molecule has 0 fully saturated rings. The van der Waals surface area contributed by atoms with Gasteiger partial charge in [0.2, 0.25) is 0 Å². The number of carbonyl (C=O) groups excluding carboxylic acids is 2. The van der Waals surface area contributed by atoms with E-state index >= 15 is 0 Å². The fourth-order valence-corrected chi connectivity index (χ4v) is 2.80. The number of hydrogen-bond acceptors (Lipinski definition) is 3. The number of hydrogen-bond donors (Lipinski definition) is 1. The highest BCUT2D eigenvalue weighted by Crippen LogP contribution is 2.27. The lowest BCUT2D eigenvalue weighted by Crippen LogP contribution is -2.22. The molecular formula is C19H20ClNO3. The van der Waals surface area contributed by atoms with Crippen LogP contribution < -0.4 is 5.32 Å². The molecule has 0 heterocycles. The van der Waals surface area contributed by atoms with Gasteiger partial charge in [0.15, 0.2) is 6.61 Å². The lowest BCUT2D eigenvalue weighted by atomic mass is 10.0. The third kappa shape index (κ3) is 4.15. The summed E-state index contributed by atoms with van der Waals surface area (Å²) in [6.07, 6.45) is 0. The number of ether oxygens (including phenoxy) is 1. The zero-order chi connectivity index (χ0) is 17.9. The molecule has 0 atom stereocenters. The molecule has 1 amide bonds. The Kier molecular flexibility index (Phi) is 5.62. The van der Waals surface area contributed by atoms with Gasteiger partial charge in [0.25, 0.3) is 5.91 Å². The maximum Gasteiger partial charge on any atom is 0.338 e. The predicted octanol–water partition coefficient (Wildman–Crippen LogP) is 4.37. The van der Waals surface area contributed by atoms with E-state index in [4.69, 9.17) is 16.3 Å². The highest BCUT2D eigenvalue weighted by molar-refractivity contribution is 6.34. The van der Waals surface area contributed by atoms with Gasteiger partial charge >= 0.3 is 5.97 Å². The van der Waals surface area contributed by atoms with E-state index in [2.05, 4.69) is 5.32 Å². The first kappa shape index (κ1) is 18.0. The zero-order valence-electron chi connectivity index (χ0n) is 14.2. The van der Waals surface area contributed by atoms with Crippen LogP contribution in [0.5, 0.6) is 0 Å². The molecule has 0 aliphatic heterocycles. The minimum atomic E-state index is -0.516. The van der Waals surface area contributed by atoms with Crippen molar-refractivity contribution in [3.8, 4) is 0 Å². The second-order valence-electron chi connectivity index (χ2n) is 5.81. The molecule has 0 saturated carbocycles. The zero-order valence-corrected chi connectivity index (χ0v) is 15.0. The molecule has 1 N–H and O–H groups in total. The summed E-state index contributed by atoms with van der Waals surface area (Å²) < 4.78 is 5.11. The van der Waals surface area contributed by atoms with Crippen LogP contribution in [0.15, 0.2) is 30.3 Å². The molecule has 0 radical (unpaired) electrons. The molecule has 0 spiro atoms. The van der Waals surface area contributed by atoms with Crippen LogP contribution in [0.3, 0.4) is 0 Å². The SMILES string of the molecule is Cc1cc(C)c(NC(=O)COC(=O)c2cccc(C)c2C)c(Cl)c1. The van der Waals surface area contributed by atoms with Crippen LogP contribution >= 0.6 is 11.6 Å². The van der Waals surface area contributed by atoms with E-state index in [1.54, 1.807) is 18.2 Å². The normalized spacial score (nSPS) is 10.4. The Morgan fingerprint density at radius 3 is 2.46 bits per heavy atom. The van der Waals surface area contributed by atoms with Gasteiger partial charge < -0.3 is 10.1 Å². The van der Waals surface area contributed by atoms with Crippen molar-refractivity contribution in [3.05, 3.63) is 63.2 Å². The Bertz CT molecular complexity index is 776. The van der Waals surface area contributed by atoms with Crippen LogP contribution in [0.4, 0.5) is 5.69 Å². The first-order valence-electron chi connectivity index (χ1n) is 7.59. The first-order chi connectivity index (χ1) is 11.3. The van der Waals surface area contributed by atoms with Crippen molar-refractivity contribution >= 4 is 29.2 Å². The van der Waals surface area contributed by atoms with Gasteiger partial charge in [-0.3, -0.25) is 4.79 Å². The van der Waals surface area contributed by atoms with E-state index in [1.807, 2.05) is 39.8 Å². The Morgan fingerprint density at radius 2 is 1.79 bits per heavy atom. The van der Waals surface area contributed by atoms with Gasteiger partial charge in [-0.15, -0.1) is 0 Å². The topological polar surface area (TPSA) is 55.4 Å². The van der Waals surface area contributed by atoms with Crippen molar-refractivity contribution in [3.63, 3.8) is 0 Å². The molecule has 2 aromatic carbocycles. The maximum atomic E-state index is 12.1. The van der Waals surface area contributed by atoms with Crippen LogP contribution in [0.1, 0.15) is 32.6 Å². The van der Waals surface area contributed by atoms with Crippen LogP contribution in [0, 0.1) is 27.7 Å². The number of anilines is 1. The summed E-state index contributed by atoms with van der Waals surface area (Å²) in [5.41, 5.74) is 4.71. The Morgan fingerprint density at radius 1 is 1.08 bits per heavy atom. The van der Waals surface area contributed by atoms with E-state index in [1.165, 1.54) is 0 Å². The molecule has 0 aliphatic carbocycles. The van der Waals surface area contributed by atoms with Crippen molar-refractivity contribution in [1.29, 1.82) is 0 Å². The Hall–Kier alpha value is -2.33. The van der Waals surface area contributed by atoms with Crippen LogP contribution in [-0.2, 0) is 9.53 Å². The Labute approximate surface area is 146 Å². The van der Waals surface area contributed by atoms with Gasteiger partial charge in [-0.25, -0.2) is 4.79 Å². The second-order valence-corrected chi connectivity index (χ2v) is 6.22. The second kappa shape index (κ2) is 7.49. The van der Waals surface area contributed by atoms with Gasteiger partial charge in [-0.1, -0.05) is 29.8 Å². The summed E-state index contributed by atoms with van der Waals surface area (Å²) in [5.74, 6) is -0.944. The molecule has 0 bridgehead atoms. The highest BCUT2D eigenvalue weighted by Gasteiger charge is 2.15. The van der Waals surface area contributed by atoms with Gasteiger partial charge in [-0.2, -0.15) is 0 Å². The molecular weight excluding hydrogens is 326 g/mol. The van der Waals surface area contributed by atoms with Crippen molar-refractivity contribution in [1.82, 2.24) is 0 Å². The molecule has 0 unspecified atom stereocenters. The lowest BCUT2D eigenvalue weighted by molar-refractivity contribution is -0.119. The number of halogens is 1. The summed E-state index contributed by atoms with van der Waals surface area (Å²) in [7, 11) is 0. The van der Waals surface area contributed by atoms with E-state index in [0.717, 1.165) is 22.3 Å². The predicted molar refractivity (Wildman–Crippen MR) is 95.8 cm³/mol. The largest absolute Gasteiger partial charge is 0.452 e. The highest BCUT2D eigenvalue weighted by atomic mass is 35.5. The monoisotopic (exact) mass is 345 g/mol. The Balaban J connectivity index is 2.01. The fraction of sp³-hybridized carbons (Fsp3) is 0.263. The van der Waals surface area contributed by atoms with Crippen molar-refractivity contribution in [2.75, 3.05) is 11.9 Å². The molecule has 5 heteroatoms. The third-order valence-corrected chi connectivity index (χ3v) is 4.15.